The van der Waals surface area contributed by atoms with Crippen LogP contribution in [0, 0.1) is 0 Å². The predicted molar refractivity (Wildman–Crippen MR) is 79.1 cm³/mol. The SMILES string of the molecule is O=C1c2ccccc2C(=O)C1(O)c1ccc2c(c1O)CCC2. The Morgan fingerprint density at radius 2 is 1.55 bits per heavy atom. The van der Waals surface area contributed by atoms with Crippen LogP contribution in [0.15, 0.2) is 36.4 Å². The van der Waals surface area contributed by atoms with Crippen molar-refractivity contribution in [1.29, 1.82) is 0 Å². The lowest BCUT2D eigenvalue weighted by atomic mass is 9.86. The number of hydrogen-bond acceptors (Lipinski definition) is 4. The molecule has 0 saturated carbocycles. The summed E-state index contributed by atoms with van der Waals surface area (Å²) >= 11 is 0. The Labute approximate surface area is 127 Å². The largest absolute Gasteiger partial charge is 0.507 e. The number of Topliss-reactive ketones (excluding diaryl/α,β-unsaturated/α-hetero) is 2. The van der Waals surface area contributed by atoms with Gasteiger partial charge in [-0.05, 0) is 30.4 Å². The smallest absolute Gasteiger partial charge is 0.220 e. The maximum Gasteiger partial charge on any atom is 0.220 e. The van der Waals surface area contributed by atoms with Crippen molar-refractivity contribution in [2.75, 3.05) is 0 Å². The number of benzene rings is 2. The third kappa shape index (κ3) is 1.45. The Morgan fingerprint density at radius 1 is 0.909 bits per heavy atom. The molecule has 0 heterocycles. The van der Waals surface area contributed by atoms with E-state index in [0.29, 0.717) is 6.42 Å². The Balaban J connectivity index is 1.94. The molecule has 2 aromatic rings. The second kappa shape index (κ2) is 4.27. The molecule has 110 valence electrons. The number of hydrogen-bond donors (Lipinski definition) is 2. The molecule has 4 rings (SSSR count). The maximum atomic E-state index is 12.6. The van der Waals surface area contributed by atoms with Crippen molar-refractivity contribution in [2.24, 2.45) is 0 Å². The first-order valence-corrected chi connectivity index (χ1v) is 7.30. The van der Waals surface area contributed by atoms with Gasteiger partial charge in [-0.2, -0.15) is 0 Å². The van der Waals surface area contributed by atoms with E-state index < -0.39 is 17.2 Å². The lowest BCUT2D eigenvalue weighted by Crippen LogP contribution is -2.38. The van der Waals surface area contributed by atoms with Crippen LogP contribution in [-0.2, 0) is 18.4 Å². The first kappa shape index (κ1) is 13.2. The Kier molecular flexibility index (Phi) is 2.57. The highest BCUT2D eigenvalue weighted by atomic mass is 16.3. The van der Waals surface area contributed by atoms with E-state index in [2.05, 4.69) is 0 Å². The van der Waals surface area contributed by atoms with Gasteiger partial charge in [0.25, 0.3) is 0 Å². The highest BCUT2D eigenvalue weighted by molar-refractivity contribution is 6.32. The van der Waals surface area contributed by atoms with Gasteiger partial charge in [0, 0.05) is 16.7 Å². The Hall–Kier alpha value is -2.46. The number of carbonyl (C=O) groups excluding carboxylic acids is 2. The Morgan fingerprint density at radius 3 is 2.18 bits per heavy atom. The van der Waals surface area contributed by atoms with Gasteiger partial charge in [-0.3, -0.25) is 9.59 Å². The minimum absolute atomic E-state index is 0.000602. The van der Waals surface area contributed by atoms with Gasteiger partial charge in [0.2, 0.25) is 17.2 Å². The van der Waals surface area contributed by atoms with Gasteiger partial charge in [-0.1, -0.05) is 36.4 Å². The summed E-state index contributed by atoms with van der Waals surface area (Å²) in [5, 5.41) is 21.4. The van der Waals surface area contributed by atoms with E-state index in [0.717, 1.165) is 24.0 Å². The molecule has 2 aliphatic carbocycles. The second-order valence-corrected chi connectivity index (χ2v) is 5.87. The van der Waals surface area contributed by atoms with Crippen LogP contribution in [0.25, 0.3) is 0 Å². The highest BCUT2D eigenvalue weighted by Gasteiger charge is 2.54. The van der Waals surface area contributed by atoms with E-state index in [-0.39, 0.29) is 22.4 Å². The van der Waals surface area contributed by atoms with Crippen LogP contribution in [0.2, 0.25) is 0 Å². The van der Waals surface area contributed by atoms with E-state index in [1.807, 2.05) is 0 Å². The summed E-state index contributed by atoms with van der Waals surface area (Å²) in [7, 11) is 0. The quantitative estimate of drug-likeness (QED) is 0.790. The van der Waals surface area contributed by atoms with Crippen molar-refractivity contribution >= 4 is 11.6 Å². The van der Waals surface area contributed by atoms with Gasteiger partial charge in [0.05, 0.1) is 0 Å². The zero-order valence-corrected chi connectivity index (χ0v) is 11.8. The minimum atomic E-state index is -2.31. The van der Waals surface area contributed by atoms with Gasteiger partial charge in [-0.15, -0.1) is 0 Å². The molecule has 2 aromatic carbocycles. The molecular formula is C18H14O4. The number of rotatable bonds is 1. The van der Waals surface area contributed by atoms with Crippen LogP contribution in [0.1, 0.15) is 43.8 Å². The minimum Gasteiger partial charge on any atom is -0.507 e. The zero-order valence-electron chi connectivity index (χ0n) is 11.8. The lowest BCUT2D eigenvalue weighted by Gasteiger charge is -2.22. The van der Waals surface area contributed by atoms with Crippen molar-refractivity contribution < 1.29 is 19.8 Å². The molecule has 0 fully saturated rings. The van der Waals surface area contributed by atoms with E-state index >= 15 is 0 Å². The van der Waals surface area contributed by atoms with Gasteiger partial charge < -0.3 is 10.2 Å². The monoisotopic (exact) mass is 294 g/mol. The molecule has 4 nitrogen and oxygen atoms in total. The number of phenolic OH excluding ortho intramolecular Hbond substituents is 1. The van der Waals surface area contributed by atoms with E-state index in [1.165, 1.54) is 18.2 Å². The molecule has 0 aliphatic heterocycles. The highest BCUT2D eigenvalue weighted by Crippen LogP contribution is 2.44. The molecule has 2 aliphatic rings. The molecule has 0 saturated heterocycles. The summed E-state index contributed by atoms with van der Waals surface area (Å²) in [6, 6.07) is 9.65. The van der Waals surface area contributed by atoms with Crippen LogP contribution in [-0.4, -0.2) is 21.8 Å². The predicted octanol–water partition coefficient (Wildman–Crippen LogP) is 2.15. The van der Waals surface area contributed by atoms with Crippen LogP contribution in [0.3, 0.4) is 0 Å². The van der Waals surface area contributed by atoms with Crippen molar-refractivity contribution in [2.45, 2.75) is 24.9 Å². The second-order valence-electron chi connectivity index (χ2n) is 5.87. The van der Waals surface area contributed by atoms with Crippen molar-refractivity contribution in [3.8, 4) is 5.75 Å². The summed E-state index contributed by atoms with van der Waals surface area (Å²) in [6.07, 6.45) is 2.48. The topological polar surface area (TPSA) is 74.6 Å². The number of fused-ring (bicyclic) bond motifs is 2. The van der Waals surface area contributed by atoms with E-state index in [4.69, 9.17) is 0 Å². The Bertz CT molecular complexity index is 800. The van der Waals surface area contributed by atoms with Crippen LogP contribution in [0.5, 0.6) is 5.75 Å². The average molecular weight is 294 g/mol. The molecule has 0 radical (unpaired) electrons. The number of aromatic hydroxyl groups is 1. The van der Waals surface area contributed by atoms with Crippen molar-refractivity contribution in [3.63, 3.8) is 0 Å². The van der Waals surface area contributed by atoms with Gasteiger partial charge in [0.15, 0.2) is 0 Å². The number of carbonyl (C=O) groups is 2. The summed E-state index contributed by atoms with van der Waals surface area (Å²) in [5.74, 6) is -1.45. The van der Waals surface area contributed by atoms with E-state index in [9.17, 15) is 19.8 Å². The molecule has 0 atom stereocenters. The zero-order chi connectivity index (χ0) is 15.5. The summed E-state index contributed by atoms with van der Waals surface area (Å²) in [6.45, 7) is 0. The number of aliphatic hydroxyl groups is 1. The fourth-order valence-corrected chi connectivity index (χ4v) is 3.56. The molecule has 0 spiro atoms. The summed E-state index contributed by atoms with van der Waals surface area (Å²) in [5.41, 5.74) is -0.155. The average Bonchev–Trinajstić information content (AvgIpc) is 3.08. The normalized spacial score (nSPS) is 18.4. The molecule has 0 amide bonds. The third-order valence-corrected chi connectivity index (χ3v) is 4.72. The molecule has 4 heteroatoms. The molecular weight excluding hydrogens is 280 g/mol. The van der Waals surface area contributed by atoms with Crippen molar-refractivity contribution in [1.82, 2.24) is 0 Å². The number of aryl methyl sites for hydroxylation is 1. The van der Waals surface area contributed by atoms with Gasteiger partial charge in [0.1, 0.15) is 5.75 Å². The maximum absolute atomic E-state index is 12.6. The van der Waals surface area contributed by atoms with Crippen molar-refractivity contribution in [3.05, 3.63) is 64.2 Å². The lowest BCUT2D eigenvalue weighted by molar-refractivity contribution is 0.0312. The van der Waals surface area contributed by atoms with Crippen LogP contribution in [0.4, 0.5) is 0 Å². The fraction of sp³-hybridized carbons (Fsp3) is 0.222. The standard InChI is InChI=1S/C18H14O4/c19-15-11-7-3-4-10(11)8-9-14(15)18(22)16(20)12-5-1-2-6-13(12)17(18)21/h1-2,5-6,8-9,19,22H,3-4,7H2. The summed E-state index contributed by atoms with van der Waals surface area (Å²) < 4.78 is 0. The molecule has 2 N–H and O–H groups in total. The molecule has 0 bridgehead atoms. The first-order chi connectivity index (χ1) is 10.5. The van der Waals surface area contributed by atoms with Gasteiger partial charge >= 0.3 is 0 Å². The van der Waals surface area contributed by atoms with E-state index in [1.54, 1.807) is 18.2 Å². The first-order valence-electron chi connectivity index (χ1n) is 7.30. The number of ketones is 2. The van der Waals surface area contributed by atoms with Crippen LogP contribution < -0.4 is 0 Å². The van der Waals surface area contributed by atoms with Gasteiger partial charge in [-0.25, -0.2) is 0 Å². The third-order valence-electron chi connectivity index (χ3n) is 4.72. The van der Waals surface area contributed by atoms with Crippen LogP contribution >= 0.6 is 0 Å². The molecule has 0 unspecified atom stereocenters. The fourth-order valence-electron chi connectivity index (χ4n) is 3.56. The summed E-state index contributed by atoms with van der Waals surface area (Å²) in [4.78, 5) is 25.2. The molecule has 22 heavy (non-hydrogen) atoms. The molecule has 0 aromatic heterocycles. The number of phenols is 1.